The Labute approximate surface area is 158 Å². The van der Waals surface area contributed by atoms with E-state index in [4.69, 9.17) is 0 Å². The second-order valence-electron chi connectivity index (χ2n) is 6.93. The molecule has 1 saturated carbocycles. The number of halogens is 1. The Hall–Kier alpha value is -2.79. The Balaban J connectivity index is 1.57. The number of benzene rings is 2. The fraction of sp³-hybridized carbons (Fsp3) is 0.273. The fourth-order valence-electron chi connectivity index (χ4n) is 3.58. The molecule has 5 heteroatoms. The van der Waals surface area contributed by atoms with Gasteiger partial charge in [0.1, 0.15) is 5.82 Å². The van der Waals surface area contributed by atoms with Crippen molar-refractivity contribution in [2.75, 3.05) is 5.32 Å². The summed E-state index contributed by atoms with van der Waals surface area (Å²) in [5.41, 5.74) is 2.49. The molecule has 2 N–H and O–H groups in total. The predicted octanol–water partition coefficient (Wildman–Crippen LogP) is 4.67. The normalized spacial score (nSPS) is 19.6. The van der Waals surface area contributed by atoms with Crippen molar-refractivity contribution < 1.29 is 9.50 Å². The molecular weight excluding hydrogens is 341 g/mol. The highest BCUT2D eigenvalue weighted by molar-refractivity contribution is 5.73. The molecule has 1 heterocycles. The maximum atomic E-state index is 15.1. The van der Waals surface area contributed by atoms with Gasteiger partial charge in [0, 0.05) is 29.1 Å². The van der Waals surface area contributed by atoms with E-state index in [1.54, 1.807) is 24.5 Å². The number of aliphatic hydroxyl groups is 1. The van der Waals surface area contributed by atoms with Gasteiger partial charge in [-0.15, -0.1) is 0 Å². The van der Waals surface area contributed by atoms with Crippen molar-refractivity contribution in [3.05, 3.63) is 66.7 Å². The Morgan fingerprint density at radius 1 is 0.852 bits per heavy atom. The van der Waals surface area contributed by atoms with Crippen LogP contribution in [0.15, 0.2) is 60.9 Å². The topological polar surface area (TPSA) is 58.0 Å². The molecule has 1 aliphatic carbocycles. The molecular formula is C22H22FN3O. The van der Waals surface area contributed by atoms with Gasteiger partial charge in [0.05, 0.1) is 12.1 Å². The van der Waals surface area contributed by atoms with Gasteiger partial charge in [-0.2, -0.15) is 0 Å². The zero-order valence-corrected chi connectivity index (χ0v) is 15.0. The van der Waals surface area contributed by atoms with Gasteiger partial charge in [-0.3, -0.25) is 0 Å². The zero-order valence-electron chi connectivity index (χ0n) is 15.0. The molecule has 1 fully saturated rings. The van der Waals surface area contributed by atoms with Crippen molar-refractivity contribution in [1.82, 2.24) is 9.97 Å². The van der Waals surface area contributed by atoms with E-state index >= 15 is 4.39 Å². The van der Waals surface area contributed by atoms with E-state index in [9.17, 15) is 5.11 Å². The summed E-state index contributed by atoms with van der Waals surface area (Å²) in [5.74, 6) is 0.181. The lowest BCUT2D eigenvalue weighted by molar-refractivity contribution is 0.116. The van der Waals surface area contributed by atoms with Gasteiger partial charge in [0.2, 0.25) is 5.95 Å². The van der Waals surface area contributed by atoms with Gasteiger partial charge in [0.25, 0.3) is 0 Å². The Kier molecular flexibility index (Phi) is 5.12. The highest BCUT2D eigenvalue weighted by Gasteiger charge is 2.23. The number of aromatic nitrogens is 2. The summed E-state index contributed by atoms with van der Waals surface area (Å²) in [7, 11) is 0. The SMILES string of the molecule is O[C@H]1CCCC[C@H]1Nc1ncc(-c2cccc(-c3ccccc3)c2F)cn1. The predicted molar refractivity (Wildman–Crippen MR) is 105 cm³/mol. The summed E-state index contributed by atoms with van der Waals surface area (Å²) in [5, 5.41) is 13.3. The molecule has 0 radical (unpaired) electrons. The summed E-state index contributed by atoms with van der Waals surface area (Å²) in [6.45, 7) is 0. The number of nitrogens with zero attached hydrogens (tertiary/aromatic N) is 2. The summed E-state index contributed by atoms with van der Waals surface area (Å²) >= 11 is 0. The molecule has 2 aromatic carbocycles. The lowest BCUT2D eigenvalue weighted by atomic mass is 9.93. The summed E-state index contributed by atoms with van der Waals surface area (Å²) in [4.78, 5) is 8.65. The maximum Gasteiger partial charge on any atom is 0.222 e. The van der Waals surface area contributed by atoms with Gasteiger partial charge in [-0.05, 0) is 18.4 Å². The molecule has 0 amide bonds. The van der Waals surface area contributed by atoms with Crippen molar-refractivity contribution in [2.45, 2.75) is 37.8 Å². The Bertz CT molecular complexity index is 899. The lowest BCUT2D eigenvalue weighted by Gasteiger charge is -2.28. The van der Waals surface area contributed by atoms with E-state index < -0.39 is 0 Å². The van der Waals surface area contributed by atoms with Crippen LogP contribution in [0.1, 0.15) is 25.7 Å². The van der Waals surface area contributed by atoms with E-state index in [1.807, 2.05) is 36.4 Å². The fourth-order valence-corrected chi connectivity index (χ4v) is 3.58. The average molecular weight is 363 g/mol. The van der Waals surface area contributed by atoms with Gasteiger partial charge >= 0.3 is 0 Å². The first kappa shape index (κ1) is 17.6. The van der Waals surface area contributed by atoms with Gasteiger partial charge < -0.3 is 10.4 Å². The molecule has 0 aliphatic heterocycles. The molecule has 1 aliphatic rings. The van der Waals surface area contributed by atoms with E-state index in [2.05, 4.69) is 15.3 Å². The van der Waals surface area contributed by atoms with Crippen molar-refractivity contribution in [1.29, 1.82) is 0 Å². The van der Waals surface area contributed by atoms with Crippen LogP contribution in [-0.2, 0) is 0 Å². The van der Waals surface area contributed by atoms with Crippen LogP contribution in [0.4, 0.5) is 10.3 Å². The van der Waals surface area contributed by atoms with Crippen LogP contribution in [0.3, 0.4) is 0 Å². The number of anilines is 1. The number of nitrogens with one attached hydrogen (secondary N) is 1. The van der Waals surface area contributed by atoms with Crippen LogP contribution >= 0.6 is 0 Å². The van der Waals surface area contributed by atoms with Crippen LogP contribution < -0.4 is 5.32 Å². The molecule has 0 unspecified atom stereocenters. The van der Waals surface area contributed by atoms with Gasteiger partial charge in [-0.25, -0.2) is 14.4 Å². The Morgan fingerprint density at radius 3 is 2.22 bits per heavy atom. The van der Waals surface area contributed by atoms with Crippen LogP contribution in [0.25, 0.3) is 22.3 Å². The minimum absolute atomic E-state index is 0.0252. The molecule has 4 nitrogen and oxygen atoms in total. The minimum atomic E-state index is -0.373. The number of hydrogen-bond acceptors (Lipinski definition) is 4. The quantitative estimate of drug-likeness (QED) is 0.707. The second kappa shape index (κ2) is 7.84. The second-order valence-corrected chi connectivity index (χ2v) is 6.93. The largest absolute Gasteiger partial charge is 0.391 e. The molecule has 4 rings (SSSR count). The lowest BCUT2D eigenvalue weighted by Crippen LogP contribution is -2.36. The van der Waals surface area contributed by atoms with E-state index in [0.29, 0.717) is 22.6 Å². The van der Waals surface area contributed by atoms with Crippen molar-refractivity contribution in [3.8, 4) is 22.3 Å². The first-order valence-corrected chi connectivity index (χ1v) is 9.33. The molecule has 0 saturated heterocycles. The van der Waals surface area contributed by atoms with Gasteiger partial charge in [0.15, 0.2) is 0 Å². The molecule has 0 bridgehead atoms. The molecule has 0 spiro atoms. The van der Waals surface area contributed by atoms with E-state index in [-0.39, 0.29) is 18.0 Å². The van der Waals surface area contributed by atoms with E-state index in [1.165, 1.54) is 0 Å². The highest BCUT2D eigenvalue weighted by atomic mass is 19.1. The molecule has 2 atom stereocenters. The average Bonchev–Trinajstić information content (AvgIpc) is 2.71. The van der Waals surface area contributed by atoms with Crippen molar-refractivity contribution in [2.24, 2.45) is 0 Å². The maximum absolute atomic E-state index is 15.1. The van der Waals surface area contributed by atoms with Crippen molar-refractivity contribution >= 4 is 5.95 Å². The number of aliphatic hydroxyl groups excluding tert-OH is 1. The first-order chi connectivity index (χ1) is 13.2. The van der Waals surface area contributed by atoms with Crippen LogP contribution in [0, 0.1) is 5.82 Å². The zero-order chi connectivity index (χ0) is 18.6. The third-order valence-electron chi connectivity index (χ3n) is 5.09. The summed E-state index contributed by atoms with van der Waals surface area (Å²) in [6, 6.07) is 14.8. The Morgan fingerprint density at radius 2 is 1.52 bits per heavy atom. The van der Waals surface area contributed by atoms with Gasteiger partial charge in [-0.1, -0.05) is 61.4 Å². The number of hydrogen-bond donors (Lipinski definition) is 2. The van der Waals surface area contributed by atoms with Crippen LogP contribution in [0.5, 0.6) is 0 Å². The minimum Gasteiger partial charge on any atom is -0.391 e. The monoisotopic (exact) mass is 363 g/mol. The van der Waals surface area contributed by atoms with Crippen molar-refractivity contribution in [3.63, 3.8) is 0 Å². The highest BCUT2D eigenvalue weighted by Crippen LogP contribution is 2.30. The van der Waals surface area contributed by atoms with Crippen LogP contribution in [0.2, 0.25) is 0 Å². The number of rotatable bonds is 4. The third kappa shape index (κ3) is 3.83. The standard InChI is InChI=1S/C22H22FN3O/c23-21-17(15-7-2-1-3-8-15)9-6-10-18(21)16-13-24-22(25-14-16)26-19-11-4-5-12-20(19)27/h1-3,6-10,13-14,19-20,27H,4-5,11-12H2,(H,24,25,26)/t19-,20+/m1/s1. The smallest absolute Gasteiger partial charge is 0.222 e. The third-order valence-corrected chi connectivity index (χ3v) is 5.09. The molecule has 138 valence electrons. The first-order valence-electron chi connectivity index (χ1n) is 9.33. The summed E-state index contributed by atoms with van der Waals surface area (Å²) < 4.78 is 15.1. The summed E-state index contributed by atoms with van der Waals surface area (Å²) in [6.07, 6.45) is 6.71. The molecule has 27 heavy (non-hydrogen) atoms. The molecule has 1 aromatic heterocycles. The van der Waals surface area contributed by atoms with E-state index in [0.717, 1.165) is 31.2 Å². The van der Waals surface area contributed by atoms with Crippen LogP contribution in [-0.4, -0.2) is 27.2 Å². The molecule has 3 aromatic rings.